The monoisotopic (exact) mass is 567 g/mol. The van der Waals surface area contributed by atoms with Gasteiger partial charge in [-0.15, -0.1) is 0 Å². The SMILES string of the molecule is [2H]C([2H])(OP(=O)(O)OP(=O)(O)OP(=O)(O)O)[C@H]1O[C@@H](n2cnc3cnc(N)nc32)C(F)(C#CCF)[C@H]1O. The van der Waals surface area contributed by atoms with Crippen LogP contribution >= 0.6 is 23.5 Å². The minimum absolute atomic E-state index is 0.0211. The Bertz CT molecular complexity index is 1400. The minimum Gasteiger partial charge on any atom is -0.386 e. The first-order valence-electron chi connectivity index (χ1n) is 9.68. The minimum atomic E-state index is -6.11. The van der Waals surface area contributed by atoms with Gasteiger partial charge in [0.25, 0.3) is 0 Å². The van der Waals surface area contributed by atoms with Crippen molar-refractivity contribution in [2.24, 2.45) is 0 Å². The number of rotatable bonds is 8. The first-order valence-corrected chi connectivity index (χ1v) is 13.2. The molecule has 0 aliphatic carbocycles. The highest BCUT2D eigenvalue weighted by Crippen LogP contribution is 2.66. The zero-order valence-electron chi connectivity index (χ0n) is 18.7. The Hall–Kier alpha value is -1.90. The van der Waals surface area contributed by atoms with Gasteiger partial charge in [-0.1, -0.05) is 11.8 Å². The lowest BCUT2D eigenvalue weighted by Gasteiger charge is -2.23. The molecule has 7 N–H and O–H groups in total. The number of hydrogen-bond acceptors (Lipinski definition) is 12. The van der Waals surface area contributed by atoms with Crippen molar-refractivity contribution in [3.05, 3.63) is 12.5 Å². The second kappa shape index (κ2) is 9.87. The number of aromatic nitrogens is 4. The largest absolute Gasteiger partial charge is 0.490 e. The van der Waals surface area contributed by atoms with E-state index < -0.39 is 60.8 Å². The number of anilines is 1. The Kier molecular flexibility index (Phi) is 6.98. The van der Waals surface area contributed by atoms with E-state index in [2.05, 4.69) is 28.1 Å². The number of imidazole rings is 1. The van der Waals surface area contributed by atoms with E-state index in [0.29, 0.717) is 0 Å². The van der Waals surface area contributed by atoms with Crippen molar-refractivity contribution in [3.63, 3.8) is 0 Å². The van der Waals surface area contributed by atoms with Crippen LogP contribution in [0.15, 0.2) is 12.5 Å². The smallest absolute Gasteiger partial charge is 0.386 e. The number of halogens is 2. The number of nitrogens with two attached hydrogens (primary N) is 1. The maximum atomic E-state index is 16.0. The number of alkyl halides is 2. The molecule has 35 heavy (non-hydrogen) atoms. The van der Waals surface area contributed by atoms with Gasteiger partial charge in [0.1, 0.15) is 24.4 Å². The van der Waals surface area contributed by atoms with Crippen LogP contribution in [0.4, 0.5) is 14.7 Å². The van der Waals surface area contributed by atoms with Gasteiger partial charge in [0.15, 0.2) is 11.9 Å². The van der Waals surface area contributed by atoms with E-state index in [4.69, 9.17) is 23.0 Å². The number of ether oxygens (including phenoxy) is 1. The van der Waals surface area contributed by atoms with E-state index in [1.807, 2.05) is 0 Å². The number of nitrogens with zero attached hydrogens (tertiary/aromatic N) is 4. The average Bonchev–Trinajstić information content (AvgIpc) is 3.21. The van der Waals surface area contributed by atoms with Crippen molar-refractivity contribution in [3.8, 4) is 11.8 Å². The Morgan fingerprint density at radius 3 is 2.57 bits per heavy atom. The summed E-state index contributed by atoms with van der Waals surface area (Å²) in [5, 5.41) is 10.6. The van der Waals surface area contributed by atoms with Crippen molar-refractivity contribution < 1.29 is 67.8 Å². The molecule has 2 aromatic rings. The van der Waals surface area contributed by atoms with E-state index >= 15 is 4.39 Å². The fourth-order valence-corrected chi connectivity index (χ4v) is 5.65. The second-order valence-electron chi connectivity index (χ2n) is 6.45. The van der Waals surface area contributed by atoms with Crippen molar-refractivity contribution >= 4 is 40.6 Å². The summed E-state index contributed by atoms with van der Waals surface area (Å²) in [6.07, 6.45) is -5.42. The molecule has 17 nitrogen and oxygen atoms in total. The van der Waals surface area contributed by atoms with Gasteiger partial charge in [-0.25, -0.2) is 32.4 Å². The van der Waals surface area contributed by atoms with Crippen molar-refractivity contribution in [1.82, 2.24) is 19.5 Å². The zero-order valence-corrected chi connectivity index (χ0v) is 19.3. The lowest BCUT2D eigenvalue weighted by atomic mass is 9.96. The van der Waals surface area contributed by atoms with Crippen LogP contribution in [0, 0.1) is 11.8 Å². The van der Waals surface area contributed by atoms with E-state index in [0.717, 1.165) is 17.1 Å². The average molecular weight is 567 g/mol. The number of phosphoric acid groups is 3. The molecule has 0 aromatic carbocycles. The number of fused-ring (bicyclic) bond motifs is 1. The van der Waals surface area contributed by atoms with Crippen LogP contribution in [-0.2, 0) is 31.6 Å². The molecule has 1 fully saturated rings. The van der Waals surface area contributed by atoms with Gasteiger partial charge in [-0.2, -0.15) is 13.6 Å². The lowest BCUT2D eigenvalue weighted by molar-refractivity contribution is -0.0496. The summed E-state index contributed by atoms with van der Waals surface area (Å²) in [7, 11) is -17.9. The predicted molar refractivity (Wildman–Crippen MR) is 107 cm³/mol. The molecule has 3 heterocycles. The highest BCUT2D eigenvalue weighted by atomic mass is 31.3. The van der Waals surface area contributed by atoms with Crippen LogP contribution < -0.4 is 5.73 Å². The molecular weight excluding hydrogens is 549 g/mol. The third-order valence-corrected chi connectivity index (χ3v) is 7.65. The number of nitrogen functional groups attached to an aromatic ring is 1. The van der Waals surface area contributed by atoms with Crippen molar-refractivity contribution in [2.45, 2.75) is 24.1 Å². The summed E-state index contributed by atoms with van der Waals surface area (Å²) < 4.78 is 95.9. The standard InChI is InChI=1S/C13H16F2N5O12P3/c14-3-1-2-13(15)9(21)8(5-29-34(25,26)32-35(27,28)31-33(22,23)24)30-11(13)20-6-18-7-4-17-12(16)19-10(7)20/h4,6,8-9,11,21H,3,5H2,(H,25,26)(H,27,28)(H2,16,17,19)(H2,22,23,24)/t8-,9+,11-,13?/m1/s1/i5D2. The maximum absolute atomic E-state index is 16.0. The fourth-order valence-electron chi connectivity index (χ4n) is 2.77. The van der Waals surface area contributed by atoms with Gasteiger partial charge in [-0.3, -0.25) is 9.09 Å². The molecule has 6 atom stereocenters. The van der Waals surface area contributed by atoms with Gasteiger partial charge >= 0.3 is 23.5 Å². The molecule has 1 aliphatic heterocycles. The number of hydrogen-bond donors (Lipinski definition) is 6. The van der Waals surface area contributed by atoms with Gasteiger partial charge in [-0.05, 0) is 0 Å². The zero-order chi connectivity index (χ0) is 28.0. The number of aliphatic hydroxyl groups is 1. The van der Waals surface area contributed by atoms with E-state index in [-0.39, 0.29) is 17.1 Å². The third kappa shape index (κ3) is 6.46. The Morgan fingerprint density at radius 1 is 1.26 bits per heavy atom. The van der Waals surface area contributed by atoms with Crippen LogP contribution in [0.2, 0.25) is 0 Å². The summed E-state index contributed by atoms with van der Waals surface area (Å²) in [4.78, 5) is 47.4. The molecule has 194 valence electrons. The maximum Gasteiger partial charge on any atom is 0.490 e. The summed E-state index contributed by atoms with van der Waals surface area (Å²) >= 11 is 0. The molecule has 0 radical (unpaired) electrons. The topological polar surface area (TPSA) is 259 Å². The van der Waals surface area contributed by atoms with Gasteiger partial charge in [0.05, 0.1) is 21.8 Å². The first kappa shape index (κ1) is 24.8. The second-order valence-corrected chi connectivity index (χ2v) is 10.8. The predicted octanol–water partition coefficient (Wildman–Crippen LogP) is -0.309. The molecular formula is C13H16F2N5O12P3. The first-order chi connectivity index (χ1) is 16.8. The summed E-state index contributed by atoms with van der Waals surface area (Å²) in [5.41, 5.74) is 1.97. The highest BCUT2D eigenvalue weighted by molar-refractivity contribution is 7.66. The summed E-state index contributed by atoms with van der Waals surface area (Å²) in [6, 6.07) is 0. The van der Waals surface area contributed by atoms with Crippen molar-refractivity contribution in [1.29, 1.82) is 0 Å². The molecule has 0 spiro atoms. The van der Waals surface area contributed by atoms with Crippen LogP contribution in [0.25, 0.3) is 11.2 Å². The van der Waals surface area contributed by atoms with Crippen LogP contribution in [0.3, 0.4) is 0 Å². The fraction of sp³-hybridized carbons (Fsp3) is 0.462. The highest BCUT2D eigenvalue weighted by Gasteiger charge is 2.58. The third-order valence-electron chi connectivity index (χ3n) is 3.99. The summed E-state index contributed by atoms with van der Waals surface area (Å²) in [6.45, 7) is -5.18. The normalized spacial score (nSPS) is 29.5. The van der Waals surface area contributed by atoms with Crippen molar-refractivity contribution in [2.75, 3.05) is 19.0 Å². The van der Waals surface area contributed by atoms with Crippen LogP contribution in [0.5, 0.6) is 0 Å². The van der Waals surface area contributed by atoms with Gasteiger partial charge < -0.3 is 35.2 Å². The van der Waals surface area contributed by atoms with Crippen LogP contribution in [0.1, 0.15) is 8.97 Å². The Balaban J connectivity index is 1.97. The Labute approximate surface area is 196 Å². The van der Waals surface area contributed by atoms with E-state index in [9.17, 15) is 33.0 Å². The molecule has 22 heteroatoms. The van der Waals surface area contributed by atoms with Crippen LogP contribution in [-0.4, -0.2) is 75.3 Å². The number of phosphoric ester groups is 1. The molecule has 3 unspecified atom stereocenters. The molecule has 1 aliphatic rings. The quantitative estimate of drug-likeness (QED) is 0.177. The molecule has 0 saturated carbocycles. The molecule has 3 rings (SSSR count). The molecule has 0 amide bonds. The van der Waals surface area contributed by atoms with Gasteiger partial charge in [0.2, 0.25) is 11.6 Å². The molecule has 0 bridgehead atoms. The lowest BCUT2D eigenvalue weighted by Crippen LogP contribution is -2.42. The Morgan fingerprint density at radius 2 is 1.94 bits per heavy atom. The van der Waals surface area contributed by atoms with E-state index in [1.165, 1.54) is 0 Å². The molecule has 2 aromatic heterocycles. The van der Waals surface area contributed by atoms with Gasteiger partial charge in [0, 0.05) is 0 Å². The number of aliphatic hydroxyl groups excluding tert-OH is 1. The summed E-state index contributed by atoms with van der Waals surface area (Å²) in [5.74, 6) is 3.13. The molecule has 1 saturated heterocycles. The van der Waals surface area contributed by atoms with E-state index in [1.54, 1.807) is 11.8 Å².